The van der Waals surface area contributed by atoms with E-state index < -0.39 is 0 Å². The van der Waals surface area contributed by atoms with Crippen LogP contribution < -0.4 is 4.74 Å². The summed E-state index contributed by atoms with van der Waals surface area (Å²) in [6.45, 7) is 2.39. The maximum atomic E-state index is 12.9. The van der Waals surface area contributed by atoms with Crippen LogP contribution in [0.3, 0.4) is 0 Å². The molecule has 4 rings (SSSR count). The van der Waals surface area contributed by atoms with E-state index >= 15 is 0 Å². The average molecular weight is 399 g/mol. The van der Waals surface area contributed by atoms with Gasteiger partial charge in [0.1, 0.15) is 15.8 Å². The highest BCUT2D eigenvalue weighted by Gasteiger charge is 2.33. The summed E-state index contributed by atoms with van der Waals surface area (Å²) < 4.78 is 13.4. The normalized spacial score (nSPS) is 16.1. The quantitative estimate of drug-likeness (QED) is 0.479. The van der Waals surface area contributed by atoms with Gasteiger partial charge in [0.25, 0.3) is 5.91 Å². The number of thioether (sulfide) groups is 1. The minimum absolute atomic E-state index is 0.0966. The zero-order valence-electron chi connectivity index (χ0n) is 15.2. The maximum absolute atomic E-state index is 12.9. The Kier molecular flexibility index (Phi) is 4.57. The van der Waals surface area contributed by atoms with Gasteiger partial charge in [-0.3, -0.25) is 9.69 Å². The highest BCUT2D eigenvalue weighted by Crippen LogP contribution is 2.37. The zero-order valence-corrected chi connectivity index (χ0v) is 16.8. The number of aryl methyl sites for hydroxylation is 1. The van der Waals surface area contributed by atoms with Crippen molar-refractivity contribution in [1.82, 2.24) is 9.47 Å². The van der Waals surface area contributed by atoms with Crippen LogP contribution in [0.25, 0.3) is 17.0 Å². The number of ether oxygens (including phenoxy) is 1. The molecule has 138 valence electrons. The van der Waals surface area contributed by atoms with Crippen molar-refractivity contribution in [3.63, 3.8) is 0 Å². The van der Waals surface area contributed by atoms with E-state index in [1.807, 2.05) is 44.3 Å². The molecule has 1 saturated heterocycles. The monoisotopic (exact) mass is 398 g/mol. The molecular weight excluding hydrogens is 380 g/mol. The van der Waals surface area contributed by atoms with E-state index in [9.17, 15) is 4.79 Å². The number of hydrogen-bond acceptors (Lipinski definition) is 5. The van der Waals surface area contributed by atoms with Crippen molar-refractivity contribution in [3.8, 4) is 5.75 Å². The number of rotatable bonds is 4. The number of hydrogen-bond donors (Lipinski definition) is 0. The van der Waals surface area contributed by atoms with Gasteiger partial charge < -0.3 is 13.7 Å². The van der Waals surface area contributed by atoms with Crippen LogP contribution >= 0.6 is 24.0 Å². The van der Waals surface area contributed by atoms with E-state index in [1.165, 1.54) is 11.8 Å². The fraction of sp³-hybridized carbons (Fsp3) is 0.200. The Morgan fingerprint density at radius 2 is 2.15 bits per heavy atom. The first-order valence-corrected chi connectivity index (χ1v) is 9.63. The van der Waals surface area contributed by atoms with Gasteiger partial charge in [-0.25, -0.2) is 0 Å². The third kappa shape index (κ3) is 3.07. The molecule has 1 fully saturated rings. The fourth-order valence-corrected chi connectivity index (χ4v) is 4.45. The molecule has 0 N–H and O–H groups in total. The van der Waals surface area contributed by atoms with E-state index in [0.717, 1.165) is 27.9 Å². The Bertz CT molecular complexity index is 1080. The number of thiocarbonyl (C=S) groups is 1. The number of carbonyl (C=O) groups is 1. The summed E-state index contributed by atoms with van der Waals surface area (Å²) in [5, 5.41) is 1.05. The van der Waals surface area contributed by atoms with Gasteiger partial charge in [0.15, 0.2) is 0 Å². The standard InChI is InChI=1S/C20H18N2O3S2/c1-12-15(16-9-13(24-3)6-7-17(16)21(12)2)10-18-19(23)22(20(26)27-18)11-14-5-4-8-25-14/h4-10H,11H2,1-3H3/b18-10-. The summed E-state index contributed by atoms with van der Waals surface area (Å²) in [7, 11) is 3.67. The Morgan fingerprint density at radius 3 is 2.85 bits per heavy atom. The molecule has 3 heterocycles. The van der Waals surface area contributed by atoms with E-state index in [-0.39, 0.29) is 5.91 Å². The summed E-state index contributed by atoms with van der Waals surface area (Å²) in [5.41, 5.74) is 3.17. The molecule has 0 aliphatic carbocycles. The second-order valence-corrected chi connectivity index (χ2v) is 7.96. The minimum atomic E-state index is -0.0966. The molecule has 1 aliphatic heterocycles. The van der Waals surface area contributed by atoms with E-state index in [0.29, 0.717) is 21.5 Å². The topological polar surface area (TPSA) is 47.6 Å². The molecule has 0 unspecified atom stereocenters. The molecule has 0 bridgehead atoms. The predicted octanol–water partition coefficient (Wildman–Crippen LogP) is 4.49. The van der Waals surface area contributed by atoms with Crippen LogP contribution in [0, 0.1) is 6.92 Å². The first-order valence-electron chi connectivity index (χ1n) is 8.40. The molecule has 0 saturated carbocycles. The van der Waals surface area contributed by atoms with Crippen molar-refractivity contribution in [3.05, 3.63) is 58.5 Å². The molecule has 5 nitrogen and oxygen atoms in total. The van der Waals surface area contributed by atoms with Gasteiger partial charge in [0.05, 0.1) is 24.8 Å². The number of carbonyl (C=O) groups excluding carboxylic acids is 1. The first kappa shape index (κ1) is 17.9. The SMILES string of the molecule is COc1ccc2c(c1)c(/C=C1\SC(=S)N(Cc3ccco3)C1=O)c(C)n2C. The summed E-state index contributed by atoms with van der Waals surface area (Å²) in [6, 6.07) is 9.60. The van der Waals surface area contributed by atoms with Gasteiger partial charge in [-0.05, 0) is 43.3 Å². The molecular formula is C20H18N2O3S2. The minimum Gasteiger partial charge on any atom is -0.497 e. The van der Waals surface area contributed by atoms with Gasteiger partial charge >= 0.3 is 0 Å². The van der Waals surface area contributed by atoms with Crippen molar-refractivity contribution in [2.75, 3.05) is 7.11 Å². The van der Waals surface area contributed by atoms with Crippen molar-refractivity contribution in [2.24, 2.45) is 7.05 Å². The Hall–Kier alpha value is -2.51. The average Bonchev–Trinajstić information content (AvgIpc) is 3.33. The van der Waals surface area contributed by atoms with Gasteiger partial charge in [-0.15, -0.1) is 0 Å². The Balaban J connectivity index is 1.74. The molecule has 1 amide bonds. The Morgan fingerprint density at radius 1 is 1.33 bits per heavy atom. The van der Waals surface area contributed by atoms with Crippen molar-refractivity contribution < 1.29 is 13.9 Å². The molecule has 3 aromatic rings. The largest absolute Gasteiger partial charge is 0.497 e. The van der Waals surface area contributed by atoms with Gasteiger partial charge in [0, 0.05) is 29.2 Å². The molecule has 7 heteroatoms. The molecule has 0 atom stereocenters. The number of furan rings is 1. The summed E-state index contributed by atoms with van der Waals surface area (Å²) >= 11 is 6.74. The zero-order chi connectivity index (χ0) is 19.1. The fourth-order valence-electron chi connectivity index (χ4n) is 3.21. The molecule has 1 aromatic carbocycles. The molecule has 2 aromatic heterocycles. The van der Waals surface area contributed by atoms with Crippen LogP contribution in [-0.4, -0.2) is 26.8 Å². The lowest BCUT2D eigenvalue weighted by Gasteiger charge is -2.11. The maximum Gasteiger partial charge on any atom is 0.266 e. The Labute approximate surface area is 166 Å². The van der Waals surface area contributed by atoms with Crippen LogP contribution in [-0.2, 0) is 18.4 Å². The molecule has 1 aliphatic rings. The van der Waals surface area contributed by atoms with E-state index in [1.54, 1.807) is 24.3 Å². The van der Waals surface area contributed by atoms with Crippen LogP contribution in [0.4, 0.5) is 0 Å². The van der Waals surface area contributed by atoms with Crippen molar-refractivity contribution in [1.29, 1.82) is 0 Å². The third-order valence-corrected chi connectivity index (χ3v) is 6.17. The summed E-state index contributed by atoms with van der Waals surface area (Å²) in [6.07, 6.45) is 3.52. The van der Waals surface area contributed by atoms with Crippen LogP contribution in [0.5, 0.6) is 5.75 Å². The number of nitrogens with zero attached hydrogens (tertiary/aromatic N) is 2. The lowest BCUT2D eigenvalue weighted by molar-refractivity contribution is -0.122. The van der Waals surface area contributed by atoms with E-state index in [2.05, 4.69) is 4.57 Å². The number of fused-ring (bicyclic) bond motifs is 1. The second kappa shape index (κ2) is 6.90. The molecule has 0 spiro atoms. The lowest BCUT2D eigenvalue weighted by Crippen LogP contribution is -2.27. The highest BCUT2D eigenvalue weighted by molar-refractivity contribution is 8.26. The van der Waals surface area contributed by atoms with Gasteiger partial charge in [0.2, 0.25) is 0 Å². The number of methoxy groups -OCH3 is 1. The van der Waals surface area contributed by atoms with Crippen molar-refractivity contribution >= 4 is 51.2 Å². The summed E-state index contributed by atoms with van der Waals surface area (Å²) in [4.78, 5) is 15.1. The van der Waals surface area contributed by atoms with Crippen LogP contribution in [0.1, 0.15) is 17.0 Å². The lowest BCUT2D eigenvalue weighted by atomic mass is 10.1. The first-order chi connectivity index (χ1) is 13.0. The number of benzene rings is 1. The van der Waals surface area contributed by atoms with Gasteiger partial charge in [-0.2, -0.15) is 0 Å². The number of aromatic nitrogens is 1. The summed E-state index contributed by atoms with van der Waals surface area (Å²) in [5.74, 6) is 1.40. The van der Waals surface area contributed by atoms with Crippen molar-refractivity contribution in [2.45, 2.75) is 13.5 Å². The van der Waals surface area contributed by atoms with Gasteiger partial charge in [-0.1, -0.05) is 24.0 Å². The third-order valence-electron chi connectivity index (χ3n) is 4.79. The smallest absolute Gasteiger partial charge is 0.266 e. The van der Waals surface area contributed by atoms with Crippen LogP contribution in [0.15, 0.2) is 45.9 Å². The molecule has 0 radical (unpaired) electrons. The predicted molar refractivity (Wildman–Crippen MR) is 112 cm³/mol. The number of amides is 1. The highest BCUT2D eigenvalue weighted by atomic mass is 32.2. The molecule has 27 heavy (non-hydrogen) atoms. The van der Waals surface area contributed by atoms with E-state index in [4.69, 9.17) is 21.4 Å². The second-order valence-electron chi connectivity index (χ2n) is 6.29. The van der Waals surface area contributed by atoms with Crippen LogP contribution in [0.2, 0.25) is 0 Å².